The SMILES string of the molecule is N=C1c2ccoc2NCN1c1ccc(NS(=O)(=O)c2cccc3ccccc23)cc1. The molecule has 1 aliphatic heterocycles. The van der Waals surface area contributed by atoms with Gasteiger partial charge in [0.15, 0.2) is 0 Å². The number of sulfonamides is 1. The zero-order chi connectivity index (χ0) is 20.7. The van der Waals surface area contributed by atoms with Crippen molar-refractivity contribution in [2.45, 2.75) is 4.90 Å². The first-order chi connectivity index (χ1) is 14.5. The van der Waals surface area contributed by atoms with Gasteiger partial charge in [0, 0.05) is 16.8 Å². The van der Waals surface area contributed by atoms with Crippen LogP contribution in [0.5, 0.6) is 0 Å². The first-order valence-corrected chi connectivity index (χ1v) is 10.8. The van der Waals surface area contributed by atoms with E-state index in [0.717, 1.165) is 11.1 Å². The lowest BCUT2D eigenvalue weighted by molar-refractivity contribution is 0.577. The number of fused-ring (bicyclic) bond motifs is 2. The van der Waals surface area contributed by atoms with Crippen LogP contribution in [0.4, 0.5) is 17.3 Å². The number of hydrogen-bond donors (Lipinski definition) is 3. The van der Waals surface area contributed by atoms with Crippen molar-refractivity contribution < 1.29 is 12.8 Å². The molecular weight excluding hydrogens is 400 g/mol. The van der Waals surface area contributed by atoms with Gasteiger partial charge in [0.2, 0.25) is 5.88 Å². The Morgan fingerprint density at radius 2 is 1.73 bits per heavy atom. The fourth-order valence-electron chi connectivity index (χ4n) is 3.58. The van der Waals surface area contributed by atoms with Gasteiger partial charge in [-0.2, -0.15) is 0 Å². The van der Waals surface area contributed by atoms with E-state index in [9.17, 15) is 8.42 Å². The lowest BCUT2D eigenvalue weighted by Gasteiger charge is -2.29. The molecule has 150 valence electrons. The predicted octanol–water partition coefficient (Wildman–Crippen LogP) is 4.45. The number of furan rings is 1. The van der Waals surface area contributed by atoms with E-state index in [2.05, 4.69) is 10.0 Å². The summed E-state index contributed by atoms with van der Waals surface area (Å²) in [5.41, 5.74) is 1.90. The minimum Gasteiger partial charge on any atom is -0.448 e. The zero-order valence-electron chi connectivity index (χ0n) is 15.8. The molecule has 0 saturated carbocycles. The molecule has 1 aromatic heterocycles. The van der Waals surface area contributed by atoms with E-state index < -0.39 is 10.0 Å². The summed E-state index contributed by atoms with van der Waals surface area (Å²) in [6.45, 7) is 0.389. The summed E-state index contributed by atoms with van der Waals surface area (Å²) < 4.78 is 33.9. The van der Waals surface area contributed by atoms with Gasteiger partial charge in [-0.15, -0.1) is 0 Å². The molecule has 0 unspecified atom stereocenters. The summed E-state index contributed by atoms with van der Waals surface area (Å²) >= 11 is 0. The normalized spacial score (nSPS) is 13.7. The topological polar surface area (TPSA) is 98.4 Å². The molecule has 3 aromatic carbocycles. The van der Waals surface area contributed by atoms with Gasteiger partial charge in [-0.3, -0.25) is 10.1 Å². The van der Waals surface area contributed by atoms with Crippen LogP contribution >= 0.6 is 0 Å². The third-order valence-electron chi connectivity index (χ3n) is 5.06. The van der Waals surface area contributed by atoms with E-state index in [-0.39, 0.29) is 4.90 Å². The summed E-state index contributed by atoms with van der Waals surface area (Å²) in [5, 5.41) is 13.0. The van der Waals surface area contributed by atoms with E-state index >= 15 is 0 Å². The van der Waals surface area contributed by atoms with Crippen molar-refractivity contribution in [2.24, 2.45) is 0 Å². The highest BCUT2D eigenvalue weighted by molar-refractivity contribution is 7.93. The van der Waals surface area contributed by atoms with Crippen LogP contribution in [0.3, 0.4) is 0 Å². The summed E-state index contributed by atoms with van der Waals surface area (Å²) in [7, 11) is -3.75. The van der Waals surface area contributed by atoms with Crippen molar-refractivity contribution in [1.29, 1.82) is 5.41 Å². The Labute approximate surface area is 173 Å². The van der Waals surface area contributed by atoms with E-state index in [1.54, 1.807) is 59.7 Å². The Morgan fingerprint density at radius 3 is 2.57 bits per heavy atom. The fourth-order valence-corrected chi connectivity index (χ4v) is 4.87. The quantitative estimate of drug-likeness (QED) is 0.455. The van der Waals surface area contributed by atoms with Crippen molar-refractivity contribution in [3.63, 3.8) is 0 Å². The smallest absolute Gasteiger partial charge is 0.262 e. The number of rotatable bonds is 4. The highest BCUT2D eigenvalue weighted by Crippen LogP contribution is 2.29. The average Bonchev–Trinajstić information content (AvgIpc) is 3.24. The molecule has 0 aliphatic carbocycles. The lowest BCUT2D eigenvalue weighted by Crippen LogP contribution is -2.39. The van der Waals surface area contributed by atoms with Crippen LogP contribution in [0.1, 0.15) is 5.56 Å². The maximum atomic E-state index is 13.0. The minimum absolute atomic E-state index is 0.235. The molecular formula is C22H18N4O3S. The summed E-state index contributed by atoms with van der Waals surface area (Å²) in [6, 6.07) is 21.3. The number of nitrogens with one attached hydrogen (secondary N) is 3. The van der Waals surface area contributed by atoms with Crippen LogP contribution in [0.2, 0.25) is 0 Å². The van der Waals surface area contributed by atoms with Crippen LogP contribution in [0, 0.1) is 5.41 Å². The molecule has 0 radical (unpaired) electrons. The van der Waals surface area contributed by atoms with E-state index in [1.165, 1.54) is 0 Å². The van der Waals surface area contributed by atoms with Crippen molar-refractivity contribution in [3.05, 3.63) is 84.6 Å². The monoisotopic (exact) mass is 418 g/mol. The number of hydrogen-bond acceptors (Lipinski definition) is 5. The number of nitrogens with zero attached hydrogens (tertiary/aromatic N) is 1. The Kier molecular flexibility index (Phi) is 4.22. The van der Waals surface area contributed by atoms with Gasteiger partial charge < -0.3 is 14.6 Å². The molecule has 3 N–H and O–H groups in total. The molecule has 0 fully saturated rings. The van der Waals surface area contributed by atoms with Crippen LogP contribution in [0.25, 0.3) is 10.8 Å². The molecule has 0 spiro atoms. The molecule has 0 amide bonds. The first kappa shape index (κ1) is 18.3. The highest BCUT2D eigenvalue weighted by Gasteiger charge is 2.24. The van der Waals surface area contributed by atoms with Gasteiger partial charge in [0.25, 0.3) is 10.0 Å². The molecule has 7 nitrogen and oxygen atoms in total. The van der Waals surface area contributed by atoms with Gasteiger partial charge in [-0.1, -0.05) is 36.4 Å². The van der Waals surface area contributed by atoms with E-state index in [0.29, 0.717) is 35.0 Å². The van der Waals surface area contributed by atoms with Gasteiger partial charge in [0.05, 0.1) is 23.4 Å². The second-order valence-electron chi connectivity index (χ2n) is 6.90. The molecule has 30 heavy (non-hydrogen) atoms. The predicted molar refractivity (Wildman–Crippen MR) is 118 cm³/mol. The van der Waals surface area contributed by atoms with Crippen molar-refractivity contribution in [2.75, 3.05) is 21.6 Å². The number of amidine groups is 1. The molecule has 5 rings (SSSR count). The largest absolute Gasteiger partial charge is 0.448 e. The van der Waals surface area contributed by atoms with Gasteiger partial charge >= 0.3 is 0 Å². The molecule has 2 heterocycles. The molecule has 0 saturated heterocycles. The third-order valence-corrected chi connectivity index (χ3v) is 6.50. The van der Waals surface area contributed by atoms with E-state index in [4.69, 9.17) is 9.83 Å². The number of benzene rings is 3. The Bertz CT molecular complexity index is 1360. The Balaban J connectivity index is 1.41. The zero-order valence-corrected chi connectivity index (χ0v) is 16.6. The van der Waals surface area contributed by atoms with E-state index in [1.807, 2.05) is 24.3 Å². The maximum absolute atomic E-state index is 13.0. The third kappa shape index (κ3) is 3.07. The van der Waals surface area contributed by atoms with Crippen LogP contribution in [0.15, 0.2) is 88.4 Å². The average molecular weight is 418 g/mol. The minimum atomic E-state index is -3.75. The van der Waals surface area contributed by atoms with Crippen molar-refractivity contribution >= 4 is 43.9 Å². The summed E-state index contributed by atoms with van der Waals surface area (Å²) in [5.74, 6) is 0.900. The molecule has 0 bridgehead atoms. The summed E-state index contributed by atoms with van der Waals surface area (Å²) in [4.78, 5) is 2.01. The summed E-state index contributed by atoms with van der Waals surface area (Å²) in [6.07, 6.45) is 1.54. The first-order valence-electron chi connectivity index (χ1n) is 9.31. The van der Waals surface area contributed by atoms with Gasteiger partial charge in [0.1, 0.15) is 5.84 Å². The lowest BCUT2D eigenvalue weighted by atomic mass is 10.1. The molecule has 8 heteroatoms. The molecule has 4 aromatic rings. The van der Waals surface area contributed by atoms with Gasteiger partial charge in [-0.25, -0.2) is 8.42 Å². The van der Waals surface area contributed by atoms with Crippen LogP contribution in [-0.4, -0.2) is 20.9 Å². The second-order valence-corrected chi connectivity index (χ2v) is 8.56. The van der Waals surface area contributed by atoms with Crippen LogP contribution in [-0.2, 0) is 10.0 Å². The van der Waals surface area contributed by atoms with Crippen molar-refractivity contribution in [1.82, 2.24) is 0 Å². The molecule has 0 atom stereocenters. The highest BCUT2D eigenvalue weighted by atomic mass is 32.2. The Hall–Kier alpha value is -3.78. The van der Waals surface area contributed by atoms with Crippen molar-refractivity contribution in [3.8, 4) is 0 Å². The van der Waals surface area contributed by atoms with Gasteiger partial charge in [-0.05, 0) is 41.8 Å². The second kappa shape index (κ2) is 6.93. The van der Waals surface area contributed by atoms with Crippen LogP contribution < -0.4 is 14.9 Å². The Morgan fingerprint density at radius 1 is 0.967 bits per heavy atom. The maximum Gasteiger partial charge on any atom is 0.262 e. The number of anilines is 3. The fraction of sp³-hybridized carbons (Fsp3) is 0.0455. The molecule has 1 aliphatic rings. The standard InChI is InChI=1S/C22H18N4O3S/c23-21-19-12-13-29-22(19)24-14-26(21)17-10-8-16(9-11-17)25-30(27,28)20-7-3-5-15-4-1-2-6-18(15)20/h1-13,23-25H,14H2.